The van der Waals surface area contributed by atoms with Gasteiger partial charge in [-0.25, -0.2) is 0 Å². The summed E-state index contributed by atoms with van der Waals surface area (Å²) in [5.41, 5.74) is 1.25. The number of nitrogens with one attached hydrogen (secondary N) is 1. The van der Waals surface area contributed by atoms with Crippen LogP contribution in [0.1, 0.15) is 12.0 Å². The Morgan fingerprint density at radius 3 is 2.67 bits per heavy atom. The molecule has 0 radical (unpaired) electrons. The summed E-state index contributed by atoms with van der Waals surface area (Å²) in [4.78, 5) is 28.7. The minimum absolute atomic E-state index is 0.0316. The third-order valence-corrected chi connectivity index (χ3v) is 4.70. The SMILES string of the molecule is O=C1NCCN(CCc2ccccc2)C1CC(=O)N1CCOCC1. The molecule has 6 nitrogen and oxygen atoms in total. The molecular formula is C18H25N3O3. The van der Waals surface area contributed by atoms with Gasteiger partial charge in [0, 0.05) is 32.7 Å². The quantitative estimate of drug-likeness (QED) is 0.842. The fraction of sp³-hybridized carbons (Fsp3) is 0.556. The lowest BCUT2D eigenvalue weighted by Crippen LogP contribution is -2.57. The van der Waals surface area contributed by atoms with Crippen LogP contribution in [0.5, 0.6) is 0 Å². The van der Waals surface area contributed by atoms with Gasteiger partial charge in [0.05, 0.1) is 25.7 Å². The summed E-state index contributed by atoms with van der Waals surface area (Å²) < 4.78 is 5.29. The van der Waals surface area contributed by atoms with Crippen LogP contribution in [0, 0.1) is 0 Å². The summed E-state index contributed by atoms with van der Waals surface area (Å²) in [5, 5.41) is 2.89. The maximum atomic E-state index is 12.5. The Kier molecular flexibility index (Phi) is 5.82. The molecule has 6 heteroatoms. The van der Waals surface area contributed by atoms with Crippen LogP contribution in [0.25, 0.3) is 0 Å². The molecule has 130 valence electrons. The predicted octanol–water partition coefficient (Wildman–Crippen LogP) is 0.278. The van der Waals surface area contributed by atoms with E-state index in [4.69, 9.17) is 4.74 Å². The van der Waals surface area contributed by atoms with E-state index in [1.807, 2.05) is 18.2 Å². The molecule has 2 aliphatic rings. The highest BCUT2D eigenvalue weighted by Crippen LogP contribution is 2.13. The Balaban J connectivity index is 1.59. The molecule has 0 aliphatic carbocycles. The molecule has 1 aromatic rings. The van der Waals surface area contributed by atoms with Crippen molar-refractivity contribution in [3.05, 3.63) is 35.9 Å². The summed E-state index contributed by atoms with van der Waals surface area (Å²) in [6, 6.07) is 9.88. The highest BCUT2D eigenvalue weighted by atomic mass is 16.5. The van der Waals surface area contributed by atoms with Crippen molar-refractivity contribution >= 4 is 11.8 Å². The molecule has 2 aliphatic heterocycles. The lowest BCUT2D eigenvalue weighted by molar-refractivity contribution is -0.141. The zero-order valence-corrected chi connectivity index (χ0v) is 13.9. The number of carbonyl (C=O) groups excluding carboxylic acids is 2. The van der Waals surface area contributed by atoms with Gasteiger partial charge in [0.15, 0.2) is 0 Å². The second-order valence-electron chi connectivity index (χ2n) is 6.28. The van der Waals surface area contributed by atoms with E-state index in [0.29, 0.717) is 32.8 Å². The number of piperazine rings is 1. The monoisotopic (exact) mass is 331 g/mol. The molecule has 3 rings (SSSR count). The number of ether oxygens (including phenoxy) is 1. The number of benzene rings is 1. The number of nitrogens with zero attached hydrogens (tertiary/aromatic N) is 2. The molecule has 2 heterocycles. The van der Waals surface area contributed by atoms with Crippen LogP contribution in [-0.4, -0.2) is 73.6 Å². The van der Waals surface area contributed by atoms with Gasteiger partial charge in [0.25, 0.3) is 0 Å². The Labute approximate surface area is 142 Å². The van der Waals surface area contributed by atoms with Crippen LogP contribution < -0.4 is 5.32 Å². The topological polar surface area (TPSA) is 61.9 Å². The molecule has 24 heavy (non-hydrogen) atoms. The fourth-order valence-corrected chi connectivity index (χ4v) is 3.28. The largest absolute Gasteiger partial charge is 0.378 e. The number of rotatable bonds is 5. The van der Waals surface area contributed by atoms with E-state index in [1.54, 1.807) is 4.90 Å². The number of carbonyl (C=O) groups is 2. The molecule has 1 aromatic carbocycles. The van der Waals surface area contributed by atoms with E-state index >= 15 is 0 Å². The van der Waals surface area contributed by atoms with Crippen molar-refractivity contribution in [3.8, 4) is 0 Å². The number of hydrogen-bond acceptors (Lipinski definition) is 4. The summed E-state index contributed by atoms with van der Waals surface area (Å²) >= 11 is 0. The van der Waals surface area contributed by atoms with Crippen LogP contribution in [0.4, 0.5) is 0 Å². The molecule has 0 spiro atoms. The van der Waals surface area contributed by atoms with Gasteiger partial charge in [-0.1, -0.05) is 30.3 Å². The van der Waals surface area contributed by atoms with E-state index in [0.717, 1.165) is 19.5 Å². The first-order valence-electron chi connectivity index (χ1n) is 8.65. The van der Waals surface area contributed by atoms with Crippen LogP contribution in [0.15, 0.2) is 30.3 Å². The van der Waals surface area contributed by atoms with E-state index < -0.39 is 0 Å². The molecule has 1 N–H and O–H groups in total. The van der Waals surface area contributed by atoms with Gasteiger partial charge < -0.3 is 15.0 Å². The smallest absolute Gasteiger partial charge is 0.237 e. The molecule has 0 saturated carbocycles. The van der Waals surface area contributed by atoms with Gasteiger partial charge in [-0.15, -0.1) is 0 Å². The van der Waals surface area contributed by atoms with E-state index in [-0.39, 0.29) is 24.3 Å². The normalized spacial score (nSPS) is 22.2. The summed E-state index contributed by atoms with van der Waals surface area (Å²) in [6.07, 6.45) is 1.14. The highest BCUT2D eigenvalue weighted by Gasteiger charge is 2.32. The molecule has 0 bridgehead atoms. The first-order chi connectivity index (χ1) is 11.7. The zero-order chi connectivity index (χ0) is 16.8. The standard InChI is InChI=1S/C18H25N3O3/c22-17(21-10-12-24-13-11-21)14-16-18(23)19-7-9-20(16)8-6-15-4-2-1-3-5-15/h1-5,16H,6-14H2,(H,19,23). The fourth-order valence-electron chi connectivity index (χ4n) is 3.28. The lowest BCUT2D eigenvalue weighted by Gasteiger charge is -2.36. The predicted molar refractivity (Wildman–Crippen MR) is 90.5 cm³/mol. The van der Waals surface area contributed by atoms with E-state index in [2.05, 4.69) is 22.3 Å². The molecular weight excluding hydrogens is 306 g/mol. The lowest BCUT2D eigenvalue weighted by atomic mass is 10.1. The number of hydrogen-bond donors (Lipinski definition) is 1. The van der Waals surface area contributed by atoms with Gasteiger partial charge in [0.2, 0.25) is 11.8 Å². The number of morpholine rings is 1. The van der Waals surface area contributed by atoms with Gasteiger partial charge >= 0.3 is 0 Å². The van der Waals surface area contributed by atoms with Gasteiger partial charge in [0.1, 0.15) is 0 Å². The summed E-state index contributed by atoms with van der Waals surface area (Å²) in [7, 11) is 0. The first kappa shape index (κ1) is 16.9. The van der Waals surface area contributed by atoms with Crippen molar-refractivity contribution in [2.24, 2.45) is 0 Å². The van der Waals surface area contributed by atoms with Crippen molar-refractivity contribution in [2.45, 2.75) is 18.9 Å². The Morgan fingerprint density at radius 1 is 1.17 bits per heavy atom. The third-order valence-electron chi connectivity index (χ3n) is 4.70. The average molecular weight is 331 g/mol. The Morgan fingerprint density at radius 2 is 1.92 bits per heavy atom. The highest BCUT2D eigenvalue weighted by molar-refractivity contribution is 5.88. The van der Waals surface area contributed by atoms with Crippen LogP contribution in [-0.2, 0) is 20.7 Å². The zero-order valence-electron chi connectivity index (χ0n) is 13.9. The van der Waals surface area contributed by atoms with Crippen molar-refractivity contribution < 1.29 is 14.3 Å². The van der Waals surface area contributed by atoms with Crippen LogP contribution >= 0.6 is 0 Å². The third kappa shape index (κ3) is 4.33. The first-order valence-corrected chi connectivity index (χ1v) is 8.65. The molecule has 2 saturated heterocycles. The minimum Gasteiger partial charge on any atom is -0.378 e. The van der Waals surface area contributed by atoms with Crippen molar-refractivity contribution in [1.29, 1.82) is 0 Å². The van der Waals surface area contributed by atoms with Crippen molar-refractivity contribution in [3.63, 3.8) is 0 Å². The van der Waals surface area contributed by atoms with Gasteiger partial charge in [-0.05, 0) is 12.0 Å². The second kappa shape index (κ2) is 8.26. The summed E-state index contributed by atoms with van der Waals surface area (Å²) in [6.45, 7) is 4.64. The molecule has 2 amide bonds. The Hall–Kier alpha value is -1.92. The minimum atomic E-state index is -0.363. The number of amides is 2. The molecule has 1 unspecified atom stereocenters. The van der Waals surface area contributed by atoms with Crippen molar-refractivity contribution in [1.82, 2.24) is 15.1 Å². The maximum absolute atomic E-state index is 12.5. The van der Waals surface area contributed by atoms with Crippen LogP contribution in [0.2, 0.25) is 0 Å². The molecule has 0 aromatic heterocycles. The van der Waals surface area contributed by atoms with Gasteiger partial charge in [-0.3, -0.25) is 14.5 Å². The maximum Gasteiger partial charge on any atom is 0.237 e. The Bertz CT molecular complexity index is 558. The average Bonchev–Trinajstić information content (AvgIpc) is 2.63. The molecule has 2 fully saturated rings. The van der Waals surface area contributed by atoms with E-state index in [1.165, 1.54) is 5.56 Å². The van der Waals surface area contributed by atoms with Crippen LogP contribution in [0.3, 0.4) is 0 Å². The van der Waals surface area contributed by atoms with Gasteiger partial charge in [-0.2, -0.15) is 0 Å². The second-order valence-corrected chi connectivity index (χ2v) is 6.28. The van der Waals surface area contributed by atoms with Crippen molar-refractivity contribution in [2.75, 3.05) is 45.9 Å². The summed E-state index contributed by atoms with van der Waals surface area (Å²) in [5.74, 6) is 0.0148. The molecule has 1 atom stereocenters. The van der Waals surface area contributed by atoms with E-state index in [9.17, 15) is 9.59 Å².